The van der Waals surface area contributed by atoms with Crippen molar-refractivity contribution in [1.82, 2.24) is 0 Å². The highest BCUT2D eigenvalue weighted by Gasteiger charge is 2.11. The third-order valence-corrected chi connectivity index (χ3v) is 3.07. The lowest BCUT2D eigenvalue weighted by atomic mass is 9.97. The molecule has 0 aliphatic carbocycles. The van der Waals surface area contributed by atoms with Gasteiger partial charge in [0.25, 0.3) is 0 Å². The van der Waals surface area contributed by atoms with Gasteiger partial charge < -0.3 is 9.47 Å². The Balaban J connectivity index is 2.55. The molecule has 0 aliphatic rings. The summed E-state index contributed by atoms with van der Waals surface area (Å²) in [6, 6.07) is 16.1. The molecule has 0 heterocycles. The van der Waals surface area contributed by atoms with Crippen LogP contribution >= 0.6 is 0 Å². The third-order valence-electron chi connectivity index (χ3n) is 3.07. The van der Waals surface area contributed by atoms with E-state index in [0.717, 1.165) is 28.2 Å². The number of ether oxygens (including phenoxy) is 2. The number of hydrogen-bond acceptors (Lipinski definition) is 2. The van der Waals surface area contributed by atoms with E-state index in [1.54, 1.807) is 14.2 Å². The van der Waals surface area contributed by atoms with Gasteiger partial charge >= 0.3 is 0 Å². The summed E-state index contributed by atoms with van der Waals surface area (Å²) in [6.07, 6.45) is 2.09. The molecule has 0 amide bonds. The number of allylic oxidation sites excluding steroid dienone is 1. The average molecular weight is 254 g/mol. The van der Waals surface area contributed by atoms with Crippen LogP contribution in [0.1, 0.15) is 18.1 Å². The summed E-state index contributed by atoms with van der Waals surface area (Å²) in [5, 5.41) is 0. The highest BCUT2D eigenvalue weighted by molar-refractivity contribution is 5.83. The highest BCUT2D eigenvalue weighted by Crippen LogP contribution is 2.33. The Morgan fingerprint density at radius 1 is 0.947 bits per heavy atom. The standard InChI is InChI=1S/C17H18O2/c1-4-15(13-8-6-5-7-9-13)16-12-14(18-2)10-11-17(16)19-3/h4-12H,1-3H3/b15-4+. The van der Waals surface area contributed by atoms with Crippen LogP contribution in [0.3, 0.4) is 0 Å². The first-order chi connectivity index (χ1) is 9.30. The van der Waals surface area contributed by atoms with Gasteiger partial charge in [-0.15, -0.1) is 0 Å². The van der Waals surface area contributed by atoms with Crippen molar-refractivity contribution in [2.45, 2.75) is 6.92 Å². The molecule has 0 atom stereocenters. The van der Waals surface area contributed by atoms with E-state index in [1.807, 2.05) is 43.3 Å². The third kappa shape index (κ3) is 2.79. The van der Waals surface area contributed by atoms with Gasteiger partial charge in [0.2, 0.25) is 0 Å². The fraction of sp³-hybridized carbons (Fsp3) is 0.176. The van der Waals surface area contributed by atoms with Crippen molar-refractivity contribution in [2.75, 3.05) is 14.2 Å². The second-order valence-electron chi connectivity index (χ2n) is 4.13. The van der Waals surface area contributed by atoms with Crippen LogP contribution in [0.4, 0.5) is 0 Å². The topological polar surface area (TPSA) is 18.5 Å². The Kier molecular flexibility index (Phi) is 4.24. The van der Waals surface area contributed by atoms with Crippen LogP contribution in [0.15, 0.2) is 54.6 Å². The van der Waals surface area contributed by atoms with Gasteiger partial charge in [0.1, 0.15) is 11.5 Å². The van der Waals surface area contributed by atoms with Gasteiger partial charge in [0, 0.05) is 5.56 Å². The molecule has 2 aromatic rings. The van der Waals surface area contributed by atoms with Gasteiger partial charge in [0.15, 0.2) is 0 Å². The van der Waals surface area contributed by atoms with E-state index in [9.17, 15) is 0 Å². The van der Waals surface area contributed by atoms with Crippen molar-refractivity contribution in [3.8, 4) is 11.5 Å². The highest BCUT2D eigenvalue weighted by atomic mass is 16.5. The molecule has 98 valence electrons. The van der Waals surface area contributed by atoms with Crippen LogP contribution in [0.5, 0.6) is 11.5 Å². The fourth-order valence-electron chi connectivity index (χ4n) is 2.12. The summed E-state index contributed by atoms with van der Waals surface area (Å²) >= 11 is 0. The van der Waals surface area contributed by atoms with Crippen molar-refractivity contribution in [1.29, 1.82) is 0 Å². The molecule has 2 aromatic carbocycles. The second kappa shape index (κ2) is 6.10. The smallest absolute Gasteiger partial charge is 0.126 e. The molecular weight excluding hydrogens is 236 g/mol. The molecule has 0 aromatic heterocycles. The maximum atomic E-state index is 5.45. The summed E-state index contributed by atoms with van der Waals surface area (Å²) < 4.78 is 10.8. The molecule has 2 nitrogen and oxygen atoms in total. The minimum Gasteiger partial charge on any atom is -0.497 e. The van der Waals surface area contributed by atoms with Crippen molar-refractivity contribution in [3.63, 3.8) is 0 Å². The molecular formula is C17H18O2. The van der Waals surface area contributed by atoms with E-state index < -0.39 is 0 Å². The minimum atomic E-state index is 0.825. The monoisotopic (exact) mass is 254 g/mol. The number of hydrogen-bond donors (Lipinski definition) is 0. The van der Waals surface area contributed by atoms with Crippen LogP contribution < -0.4 is 9.47 Å². The van der Waals surface area contributed by atoms with E-state index in [4.69, 9.17) is 9.47 Å². The first-order valence-electron chi connectivity index (χ1n) is 6.24. The van der Waals surface area contributed by atoms with Crippen molar-refractivity contribution in [2.24, 2.45) is 0 Å². The zero-order chi connectivity index (χ0) is 13.7. The lowest BCUT2D eigenvalue weighted by molar-refractivity contribution is 0.402. The lowest BCUT2D eigenvalue weighted by Gasteiger charge is -2.14. The summed E-state index contributed by atoms with van der Waals surface area (Å²) in [5.74, 6) is 1.67. The van der Waals surface area contributed by atoms with Crippen LogP contribution in [-0.4, -0.2) is 14.2 Å². The maximum Gasteiger partial charge on any atom is 0.126 e. The van der Waals surface area contributed by atoms with Gasteiger partial charge in [-0.05, 0) is 36.3 Å². The van der Waals surface area contributed by atoms with E-state index in [2.05, 4.69) is 18.2 Å². The first kappa shape index (κ1) is 13.2. The number of methoxy groups -OCH3 is 2. The Morgan fingerprint density at radius 3 is 2.26 bits per heavy atom. The molecule has 0 bridgehead atoms. The molecule has 0 saturated heterocycles. The Labute approximate surface area is 114 Å². The van der Waals surface area contributed by atoms with Crippen LogP contribution in [0.2, 0.25) is 0 Å². The minimum absolute atomic E-state index is 0.825. The van der Waals surface area contributed by atoms with E-state index in [1.165, 1.54) is 0 Å². The van der Waals surface area contributed by atoms with Crippen molar-refractivity contribution < 1.29 is 9.47 Å². The second-order valence-corrected chi connectivity index (χ2v) is 4.13. The fourth-order valence-corrected chi connectivity index (χ4v) is 2.12. The van der Waals surface area contributed by atoms with Gasteiger partial charge in [-0.1, -0.05) is 36.4 Å². The van der Waals surface area contributed by atoms with Crippen molar-refractivity contribution >= 4 is 5.57 Å². The van der Waals surface area contributed by atoms with E-state index in [0.29, 0.717) is 0 Å². The Morgan fingerprint density at radius 2 is 1.68 bits per heavy atom. The molecule has 0 unspecified atom stereocenters. The van der Waals surface area contributed by atoms with Gasteiger partial charge in [-0.3, -0.25) is 0 Å². The summed E-state index contributed by atoms with van der Waals surface area (Å²) in [4.78, 5) is 0. The molecule has 0 N–H and O–H groups in total. The summed E-state index contributed by atoms with van der Waals surface area (Å²) in [5.41, 5.74) is 3.34. The average Bonchev–Trinajstić information content (AvgIpc) is 2.49. The van der Waals surface area contributed by atoms with E-state index >= 15 is 0 Å². The molecule has 2 heteroatoms. The first-order valence-corrected chi connectivity index (χ1v) is 6.24. The number of rotatable bonds is 4. The summed E-state index contributed by atoms with van der Waals surface area (Å²) in [6.45, 7) is 2.03. The number of benzene rings is 2. The normalized spacial score (nSPS) is 11.2. The largest absolute Gasteiger partial charge is 0.497 e. The summed E-state index contributed by atoms with van der Waals surface area (Å²) in [7, 11) is 3.35. The molecule has 0 radical (unpaired) electrons. The zero-order valence-corrected chi connectivity index (χ0v) is 11.5. The maximum absolute atomic E-state index is 5.45. The molecule has 19 heavy (non-hydrogen) atoms. The Hall–Kier alpha value is -2.22. The lowest BCUT2D eigenvalue weighted by Crippen LogP contribution is -1.95. The van der Waals surface area contributed by atoms with Crippen molar-refractivity contribution in [3.05, 3.63) is 65.7 Å². The quantitative estimate of drug-likeness (QED) is 0.815. The molecule has 0 aliphatic heterocycles. The molecule has 0 spiro atoms. The molecule has 0 saturated carbocycles. The van der Waals surface area contributed by atoms with Crippen LogP contribution in [0, 0.1) is 0 Å². The van der Waals surface area contributed by atoms with Gasteiger partial charge in [0.05, 0.1) is 14.2 Å². The molecule has 2 rings (SSSR count). The predicted octanol–water partition coefficient (Wildman–Crippen LogP) is 4.16. The predicted molar refractivity (Wildman–Crippen MR) is 78.7 cm³/mol. The Bertz CT molecular complexity index is 571. The van der Waals surface area contributed by atoms with Crippen LogP contribution in [0.25, 0.3) is 5.57 Å². The van der Waals surface area contributed by atoms with Gasteiger partial charge in [-0.25, -0.2) is 0 Å². The van der Waals surface area contributed by atoms with E-state index in [-0.39, 0.29) is 0 Å². The van der Waals surface area contributed by atoms with Gasteiger partial charge in [-0.2, -0.15) is 0 Å². The zero-order valence-electron chi connectivity index (χ0n) is 11.5. The molecule has 0 fully saturated rings. The SMILES string of the molecule is C/C=C(\c1ccccc1)c1cc(OC)ccc1OC. The van der Waals surface area contributed by atoms with Crippen LogP contribution in [-0.2, 0) is 0 Å².